The van der Waals surface area contributed by atoms with Crippen LogP contribution in [-0.2, 0) is 6.54 Å². The van der Waals surface area contributed by atoms with Crippen molar-refractivity contribution in [2.24, 2.45) is 4.99 Å². The van der Waals surface area contributed by atoms with Crippen molar-refractivity contribution < 1.29 is 9.53 Å². The van der Waals surface area contributed by atoms with Gasteiger partial charge in [-0.25, -0.2) is 4.99 Å². The summed E-state index contributed by atoms with van der Waals surface area (Å²) < 4.78 is 7.23. The van der Waals surface area contributed by atoms with Gasteiger partial charge in [0.2, 0.25) is 0 Å². The number of carbonyl (C=O) groups excluding carboxylic acids is 1. The summed E-state index contributed by atoms with van der Waals surface area (Å²) in [6, 6.07) is 9.63. The van der Waals surface area contributed by atoms with Crippen LogP contribution in [0.4, 0.5) is 5.69 Å². The fraction of sp³-hybridized carbons (Fsp3) is 0.353. The molecule has 2 aromatic rings. The molecule has 1 N–H and O–H groups in total. The fourth-order valence-corrected chi connectivity index (χ4v) is 2.69. The van der Waals surface area contributed by atoms with Gasteiger partial charge in [-0.2, -0.15) is 0 Å². The summed E-state index contributed by atoms with van der Waals surface area (Å²) >= 11 is 0. The molecule has 0 fully saturated rings. The summed E-state index contributed by atoms with van der Waals surface area (Å²) in [7, 11) is 0. The Morgan fingerprint density at radius 1 is 1.26 bits per heavy atom. The van der Waals surface area contributed by atoms with Gasteiger partial charge >= 0.3 is 0 Å². The maximum atomic E-state index is 12.6. The van der Waals surface area contributed by atoms with Crippen molar-refractivity contribution in [3.8, 4) is 5.88 Å². The van der Waals surface area contributed by atoms with Gasteiger partial charge in [-0.05, 0) is 26.3 Å². The highest BCUT2D eigenvalue weighted by Crippen LogP contribution is 2.34. The SMILES string of the molecule is CCOc1nn(CC)c2c1N=C(c1ccccc1)C(C)NC2=O. The standard InChI is InChI=1S/C17H20N4O2/c1-4-21-15-14(17(20-21)23-5-2)19-13(11(3)18-16(15)22)12-9-7-6-8-10-12/h6-11H,4-5H2,1-3H3,(H,18,22). The Bertz CT molecular complexity index is 749. The Kier molecular flexibility index (Phi) is 4.14. The van der Waals surface area contributed by atoms with E-state index in [-0.39, 0.29) is 11.9 Å². The lowest BCUT2D eigenvalue weighted by Gasteiger charge is -2.14. The van der Waals surface area contributed by atoms with Crippen LogP contribution in [0.15, 0.2) is 35.3 Å². The van der Waals surface area contributed by atoms with Crippen LogP contribution < -0.4 is 10.1 Å². The van der Waals surface area contributed by atoms with E-state index in [1.807, 2.05) is 51.1 Å². The molecule has 1 aromatic heterocycles. The van der Waals surface area contributed by atoms with Crippen LogP contribution in [0.1, 0.15) is 36.8 Å². The van der Waals surface area contributed by atoms with Gasteiger partial charge in [0.05, 0.1) is 18.4 Å². The van der Waals surface area contributed by atoms with Gasteiger partial charge in [0.25, 0.3) is 11.8 Å². The van der Waals surface area contributed by atoms with Gasteiger partial charge in [-0.3, -0.25) is 9.48 Å². The minimum atomic E-state index is -0.197. The number of carbonyl (C=O) groups is 1. The van der Waals surface area contributed by atoms with E-state index < -0.39 is 0 Å². The van der Waals surface area contributed by atoms with Crippen LogP contribution in [0.2, 0.25) is 0 Å². The average molecular weight is 312 g/mol. The zero-order valence-electron chi connectivity index (χ0n) is 13.5. The third-order valence-corrected chi connectivity index (χ3v) is 3.75. The predicted molar refractivity (Wildman–Crippen MR) is 88.6 cm³/mol. The van der Waals surface area contributed by atoms with E-state index in [9.17, 15) is 4.79 Å². The van der Waals surface area contributed by atoms with Crippen molar-refractivity contribution >= 4 is 17.3 Å². The molecular weight excluding hydrogens is 292 g/mol. The maximum absolute atomic E-state index is 12.6. The number of hydrogen-bond acceptors (Lipinski definition) is 4. The van der Waals surface area contributed by atoms with Crippen molar-refractivity contribution in [3.63, 3.8) is 0 Å². The van der Waals surface area contributed by atoms with Crippen LogP contribution in [-0.4, -0.2) is 34.0 Å². The number of fused-ring (bicyclic) bond motifs is 1. The minimum Gasteiger partial charge on any atom is -0.475 e. The van der Waals surface area contributed by atoms with Gasteiger partial charge in [0.1, 0.15) is 0 Å². The summed E-state index contributed by atoms with van der Waals surface area (Å²) in [5.41, 5.74) is 2.73. The fourth-order valence-electron chi connectivity index (χ4n) is 2.69. The monoisotopic (exact) mass is 312 g/mol. The molecule has 0 radical (unpaired) electrons. The molecule has 6 heteroatoms. The first-order valence-electron chi connectivity index (χ1n) is 7.84. The molecule has 120 valence electrons. The molecule has 0 aliphatic carbocycles. The highest BCUT2D eigenvalue weighted by Gasteiger charge is 2.30. The van der Waals surface area contributed by atoms with Crippen molar-refractivity contribution in [3.05, 3.63) is 41.6 Å². The van der Waals surface area contributed by atoms with Gasteiger partial charge in [0.15, 0.2) is 11.4 Å². The molecule has 0 saturated carbocycles. The van der Waals surface area contributed by atoms with Crippen LogP contribution in [0.5, 0.6) is 5.88 Å². The Labute approximate surface area is 135 Å². The molecule has 3 rings (SSSR count). The van der Waals surface area contributed by atoms with Gasteiger partial charge < -0.3 is 10.1 Å². The van der Waals surface area contributed by atoms with Crippen LogP contribution in [0.3, 0.4) is 0 Å². The molecular formula is C17H20N4O2. The molecule has 2 heterocycles. The third-order valence-electron chi connectivity index (χ3n) is 3.75. The Balaban J connectivity index is 2.20. The summed E-state index contributed by atoms with van der Waals surface area (Å²) in [6.07, 6.45) is 0. The molecule has 23 heavy (non-hydrogen) atoms. The molecule has 0 saturated heterocycles. The minimum absolute atomic E-state index is 0.178. The number of hydrogen-bond donors (Lipinski definition) is 1. The lowest BCUT2D eigenvalue weighted by Crippen LogP contribution is -2.38. The topological polar surface area (TPSA) is 68.5 Å². The second-order valence-corrected chi connectivity index (χ2v) is 5.31. The number of amides is 1. The Morgan fingerprint density at radius 3 is 2.65 bits per heavy atom. The number of benzene rings is 1. The Morgan fingerprint density at radius 2 is 2.00 bits per heavy atom. The first kappa shape index (κ1) is 15.3. The van der Waals surface area contributed by atoms with Crippen LogP contribution in [0.25, 0.3) is 0 Å². The smallest absolute Gasteiger partial charge is 0.272 e. The lowest BCUT2D eigenvalue weighted by atomic mass is 10.0. The molecule has 6 nitrogen and oxygen atoms in total. The first-order valence-corrected chi connectivity index (χ1v) is 7.84. The molecule has 0 spiro atoms. The highest BCUT2D eigenvalue weighted by molar-refractivity contribution is 6.12. The number of nitrogens with one attached hydrogen (secondary N) is 1. The molecule has 0 bridgehead atoms. The van der Waals surface area contributed by atoms with E-state index in [0.717, 1.165) is 11.3 Å². The van der Waals surface area contributed by atoms with E-state index >= 15 is 0 Å². The number of nitrogens with zero attached hydrogens (tertiary/aromatic N) is 3. The maximum Gasteiger partial charge on any atom is 0.272 e. The number of aryl methyl sites for hydroxylation is 1. The number of aromatic nitrogens is 2. The average Bonchev–Trinajstić information content (AvgIpc) is 2.84. The van der Waals surface area contributed by atoms with E-state index in [1.165, 1.54) is 0 Å². The van der Waals surface area contributed by atoms with E-state index in [2.05, 4.69) is 10.4 Å². The summed E-state index contributed by atoms with van der Waals surface area (Å²) in [5, 5.41) is 7.36. The zero-order chi connectivity index (χ0) is 16.4. The molecule has 1 aliphatic heterocycles. The van der Waals surface area contributed by atoms with Crippen LogP contribution >= 0.6 is 0 Å². The second kappa shape index (κ2) is 6.24. The van der Waals surface area contributed by atoms with E-state index in [4.69, 9.17) is 9.73 Å². The predicted octanol–water partition coefficient (Wildman–Crippen LogP) is 2.55. The van der Waals surface area contributed by atoms with E-state index in [0.29, 0.717) is 30.4 Å². The quantitative estimate of drug-likeness (QED) is 0.943. The van der Waals surface area contributed by atoms with Gasteiger partial charge in [-0.1, -0.05) is 30.3 Å². The summed E-state index contributed by atoms with van der Waals surface area (Å²) in [6.45, 7) is 6.80. The molecule has 1 aliphatic rings. The number of ether oxygens (including phenoxy) is 1. The normalized spacial score (nSPS) is 17.1. The van der Waals surface area contributed by atoms with Crippen molar-refractivity contribution in [2.75, 3.05) is 6.61 Å². The summed E-state index contributed by atoms with van der Waals surface area (Å²) in [5.74, 6) is 0.226. The largest absolute Gasteiger partial charge is 0.475 e. The highest BCUT2D eigenvalue weighted by atomic mass is 16.5. The lowest BCUT2D eigenvalue weighted by molar-refractivity contribution is 0.0940. The third kappa shape index (κ3) is 2.72. The van der Waals surface area contributed by atoms with Gasteiger partial charge in [0, 0.05) is 6.54 Å². The number of rotatable bonds is 4. The summed E-state index contributed by atoms with van der Waals surface area (Å²) in [4.78, 5) is 17.3. The molecule has 1 atom stereocenters. The molecule has 1 aromatic carbocycles. The Hall–Kier alpha value is -2.63. The van der Waals surface area contributed by atoms with Crippen LogP contribution in [0, 0.1) is 0 Å². The number of aliphatic imine (C=N–C) groups is 1. The van der Waals surface area contributed by atoms with Crippen molar-refractivity contribution in [2.45, 2.75) is 33.4 Å². The van der Waals surface area contributed by atoms with Crippen molar-refractivity contribution in [1.82, 2.24) is 15.1 Å². The van der Waals surface area contributed by atoms with Crippen molar-refractivity contribution in [1.29, 1.82) is 0 Å². The second-order valence-electron chi connectivity index (χ2n) is 5.31. The molecule has 1 unspecified atom stereocenters. The van der Waals surface area contributed by atoms with Gasteiger partial charge in [-0.15, -0.1) is 5.10 Å². The molecule has 1 amide bonds. The zero-order valence-corrected chi connectivity index (χ0v) is 13.5. The first-order chi connectivity index (χ1) is 11.2. The van der Waals surface area contributed by atoms with E-state index in [1.54, 1.807) is 4.68 Å².